The highest BCUT2D eigenvalue weighted by Gasteiger charge is 2.62. The maximum Gasteiger partial charge on any atom is 0.331 e. The van der Waals surface area contributed by atoms with E-state index in [1.165, 1.54) is 26.7 Å². The smallest absolute Gasteiger partial charge is 0.331 e. The summed E-state index contributed by atoms with van der Waals surface area (Å²) < 4.78 is 16.1. The number of esters is 1. The van der Waals surface area contributed by atoms with Crippen molar-refractivity contribution in [1.82, 2.24) is 0 Å². The Bertz CT molecular complexity index is 711. The molecule has 3 rings (SSSR count). The molecule has 3 atom stereocenters. The molecule has 5 heteroatoms. The van der Waals surface area contributed by atoms with Gasteiger partial charge in [-0.15, -0.1) is 0 Å². The Morgan fingerprint density at radius 1 is 1.19 bits per heavy atom. The molecule has 0 amide bonds. The standard InChI is InChI=1S/C21H28O5/c1-20(2)14-8-9-21(20,3)17(12-14)26-18(22)7-6-13-10-15(24-4)19(23)16(11-13)25-5/h6-7,10-11,14,17,23H,8-9,12H2,1-5H3/b7-6+/t14-,17+,21+/m1/s1. The molecule has 0 saturated heterocycles. The molecule has 2 aliphatic rings. The van der Waals surface area contributed by atoms with E-state index < -0.39 is 0 Å². The van der Waals surface area contributed by atoms with E-state index in [4.69, 9.17) is 14.2 Å². The number of benzene rings is 1. The summed E-state index contributed by atoms with van der Waals surface area (Å²) >= 11 is 0. The van der Waals surface area contributed by atoms with Crippen molar-refractivity contribution >= 4 is 12.0 Å². The Kier molecular flexibility index (Phi) is 4.67. The predicted octanol–water partition coefficient (Wildman–Crippen LogP) is 4.18. The molecule has 2 aliphatic carbocycles. The Hall–Kier alpha value is -2.17. The minimum absolute atomic E-state index is 0.0303. The molecule has 0 aliphatic heterocycles. The number of phenols is 1. The first kappa shape index (κ1) is 18.6. The van der Waals surface area contributed by atoms with E-state index in [9.17, 15) is 9.90 Å². The second kappa shape index (κ2) is 6.53. The second-order valence-electron chi connectivity index (χ2n) is 8.14. The SMILES string of the molecule is COc1cc(/C=C/C(=O)O[C@H]2C[C@H]3CC[C@]2(C)C3(C)C)cc(OC)c1O. The number of carbonyl (C=O) groups is 1. The van der Waals surface area contributed by atoms with Gasteiger partial charge in [-0.3, -0.25) is 0 Å². The van der Waals surface area contributed by atoms with E-state index in [0.717, 1.165) is 12.8 Å². The van der Waals surface area contributed by atoms with Crippen LogP contribution in [0.5, 0.6) is 17.2 Å². The van der Waals surface area contributed by atoms with Crippen molar-refractivity contribution in [3.63, 3.8) is 0 Å². The lowest BCUT2D eigenvalue weighted by molar-refractivity contribution is -0.150. The Morgan fingerprint density at radius 3 is 2.27 bits per heavy atom. The van der Waals surface area contributed by atoms with Crippen LogP contribution in [0.3, 0.4) is 0 Å². The molecule has 142 valence electrons. The first-order valence-electron chi connectivity index (χ1n) is 9.06. The summed E-state index contributed by atoms with van der Waals surface area (Å²) in [7, 11) is 2.93. The van der Waals surface area contributed by atoms with E-state index in [1.807, 2.05) is 0 Å². The summed E-state index contributed by atoms with van der Waals surface area (Å²) in [4.78, 5) is 12.4. The molecule has 0 radical (unpaired) electrons. The topological polar surface area (TPSA) is 65.0 Å². The van der Waals surface area contributed by atoms with Crippen LogP contribution < -0.4 is 9.47 Å². The number of carbonyl (C=O) groups excluding carboxylic acids is 1. The van der Waals surface area contributed by atoms with Crippen LogP contribution in [0.15, 0.2) is 18.2 Å². The molecule has 0 aromatic heterocycles. The number of ether oxygens (including phenoxy) is 3. The van der Waals surface area contributed by atoms with E-state index in [0.29, 0.717) is 23.0 Å². The van der Waals surface area contributed by atoms with Crippen LogP contribution in [0.1, 0.15) is 45.6 Å². The summed E-state index contributed by atoms with van der Waals surface area (Å²) in [5, 5.41) is 9.95. The van der Waals surface area contributed by atoms with Crippen LogP contribution in [0.2, 0.25) is 0 Å². The summed E-state index contributed by atoms with van der Waals surface area (Å²) in [6, 6.07) is 3.28. The normalized spacial score (nSPS) is 29.1. The van der Waals surface area contributed by atoms with Crippen molar-refractivity contribution in [1.29, 1.82) is 0 Å². The quantitative estimate of drug-likeness (QED) is 0.630. The lowest BCUT2D eigenvalue weighted by Gasteiger charge is -2.38. The molecule has 0 unspecified atom stereocenters. The average molecular weight is 360 g/mol. The lowest BCUT2D eigenvalue weighted by Crippen LogP contribution is -2.38. The van der Waals surface area contributed by atoms with Gasteiger partial charge < -0.3 is 19.3 Å². The monoisotopic (exact) mass is 360 g/mol. The first-order valence-corrected chi connectivity index (χ1v) is 9.06. The molecule has 1 aromatic carbocycles. The van der Waals surface area contributed by atoms with E-state index in [1.54, 1.807) is 18.2 Å². The number of methoxy groups -OCH3 is 2. The predicted molar refractivity (Wildman–Crippen MR) is 99.4 cm³/mol. The largest absolute Gasteiger partial charge is 0.502 e. The van der Waals surface area contributed by atoms with Gasteiger partial charge in [-0.1, -0.05) is 20.8 Å². The van der Waals surface area contributed by atoms with Gasteiger partial charge in [0.15, 0.2) is 11.5 Å². The van der Waals surface area contributed by atoms with Crippen LogP contribution in [-0.4, -0.2) is 31.4 Å². The van der Waals surface area contributed by atoms with Crippen LogP contribution in [0, 0.1) is 16.7 Å². The highest BCUT2D eigenvalue weighted by atomic mass is 16.5. The van der Waals surface area contributed by atoms with Crippen LogP contribution >= 0.6 is 0 Å². The zero-order chi connectivity index (χ0) is 19.1. The van der Waals surface area contributed by atoms with Gasteiger partial charge in [0, 0.05) is 11.5 Å². The van der Waals surface area contributed by atoms with Gasteiger partial charge in [0.2, 0.25) is 5.75 Å². The van der Waals surface area contributed by atoms with E-state index >= 15 is 0 Å². The summed E-state index contributed by atoms with van der Waals surface area (Å²) in [5.74, 6) is 0.803. The Balaban J connectivity index is 1.71. The third-order valence-electron chi connectivity index (χ3n) is 6.89. The lowest BCUT2D eigenvalue weighted by atomic mass is 9.70. The van der Waals surface area contributed by atoms with Crippen molar-refractivity contribution in [2.45, 2.75) is 46.1 Å². The minimum atomic E-state index is -0.342. The van der Waals surface area contributed by atoms with Gasteiger partial charge >= 0.3 is 5.97 Å². The fraction of sp³-hybridized carbons (Fsp3) is 0.571. The van der Waals surface area contributed by atoms with Gasteiger partial charge in [-0.25, -0.2) is 4.79 Å². The molecule has 26 heavy (non-hydrogen) atoms. The molecular formula is C21H28O5. The van der Waals surface area contributed by atoms with Gasteiger partial charge in [0.1, 0.15) is 6.10 Å². The number of rotatable bonds is 5. The van der Waals surface area contributed by atoms with Crippen molar-refractivity contribution in [3.05, 3.63) is 23.8 Å². The zero-order valence-electron chi connectivity index (χ0n) is 16.2. The molecule has 0 spiro atoms. The van der Waals surface area contributed by atoms with E-state index in [2.05, 4.69) is 20.8 Å². The number of fused-ring (bicyclic) bond motifs is 2. The van der Waals surface area contributed by atoms with Gasteiger partial charge in [0.05, 0.1) is 14.2 Å². The van der Waals surface area contributed by atoms with Crippen molar-refractivity contribution in [3.8, 4) is 17.2 Å². The number of hydrogen-bond donors (Lipinski definition) is 1. The average Bonchev–Trinajstić information content (AvgIpc) is 2.94. The Morgan fingerprint density at radius 2 is 1.81 bits per heavy atom. The van der Waals surface area contributed by atoms with Crippen molar-refractivity contribution in [2.24, 2.45) is 16.7 Å². The summed E-state index contributed by atoms with van der Waals surface area (Å²) in [5.41, 5.74) is 0.943. The number of hydrogen-bond acceptors (Lipinski definition) is 5. The van der Waals surface area contributed by atoms with Gasteiger partial charge in [-0.2, -0.15) is 0 Å². The molecule has 2 fully saturated rings. The summed E-state index contributed by atoms with van der Waals surface area (Å²) in [6.45, 7) is 6.84. The number of phenolic OH excluding ortho intramolecular Hbond substituents is 1. The highest BCUT2D eigenvalue weighted by molar-refractivity contribution is 5.87. The van der Waals surface area contributed by atoms with Crippen LogP contribution in [0.4, 0.5) is 0 Å². The number of aromatic hydroxyl groups is 1. The molecule has 5 nitrogen and oxygen atoms in total. The third-order valence-corrected chi connectivity index (χ3v) is 6.89. The van der Waals surface area contributed by atoms with Gasteiger partial charge in [0.25, 0.3) is 0 Å². The van der Waals surface area contributed by atoms with Crippen LogP contribution in [-0.2, 0) is 9.53 Å². The van der Waals surface area contributed by atoms with E-state index in [-0.39, 0.29) is 28.7 Å². The fourth-order valence-electron chi connectivity index (χ4n) is 4.66. The molecule has 1 aromatic rings. The molecule has 2 saturated carbocycles. The molecule has 0 heterocycles. The fourth-order valence-corrected chi connectivity index (χ4v) is 4.66. The zero-order valence-corrected chi connectivity index (χ0v) is 16.2. The highest BCUT2D eigenvalue weighted by Crippen LogP contribution is 2.66. The second-order valence-corrected chi connectivity index (χ2v) is 8.14. The van der Waals surface area contributed by atoms with Crippen molar-refractivity contribution in [2.75, 3.05) is 14.2 Å². The molecule has 1 N–H and O–H groups in total. The summed E-state index contributed by atoms with van der Waals surface area (Å²) in [6.07, 6.45) is 6.32. The molecular weight excluding hydrogens is 332 g/mol. The maximum absolute atomic E-state index is 12.4. The van der Waals surface area contributed by atoms with Crippen LogP contribution in [0.25, 0.3) is 6.08 Å². The molecule has 2 bridgehead atoms. The minimum Gasteiger partial charge on any atom is -0.502 e. The third kappa shape index (κ3) is 2.83. The first-order chi connectivity index (χ1) is 12.2. The Labute approximate surface area is 155 Å². The van der Waals surface area contributed by atoms with Crippen molar-refractivity contribution < 1.29 is 24.1 Å². The maximum atomic E-state index is 12.4. The van der Waals surface area contributed by atoms with Gasteiger partial charge in [-0.05, 0) is 54.4 Å².